The zero-order valence-electron chi connectivity index (χ0n) is 8.37. The van der Waals surface area contributed by atoms with E-state index in [0.717, 1.165) is 12.1 Å². The summed E-state index contributed by atoms with van der Waals surface area (Å²) in [5, 5.41) is 0. The van der Waals surface area contributed by atoms with Crippen molar-refractivity contribution in [3.8, 4) is 0 Å². The molecular formula is C10H13N3O. The van der Waals surface area contributed by atoms with Crippen molar-refractivity contribution in [2.24, 2.45) is 5.92 Å². The van der Waals surface area contributed by atoms with Gasteiger partial charge in [0, 0.05) is 6.42 Å². The van der Waals surface area contributed by atoms with Gasteiger partial charge in [-0.15, -0.1) is 0 Å². The van der Waals surface area contributed by atoms with Gasteiger partial charge >= 0.3 is 0 Å². The number of carbonyl (C=O) groups excluding carboxylic acids is 1. The predicted molar refractivity (Wildman–Crippen MR) is 53.0 cm³/mol. The number of hydrogen-bond acceptors (Lipinski definition) is 4. The molecular weight excluding hydrogens is 178 g/mol. The molecule has 0 fully saturated rings. The summed E-state index contributed by atoms with van der Waals surface area (Å²) in [7, 11) is 0. The van der Waals surface area contributed by atoms with Gasteiger partial charge in [0.05, 0.1) is 17.0 Å². The zero-order valence-corrected chi connectivity index (χ0v) is 8.37. The number of anilines is 1. The Hall–Kier alpha value is -1.45. The summed E-state index contributed by atoms with van der Waals surface area (Å²) in [6.45, 7) is 3.86. The van der Waals surface area contributed by atoms with Crippen LogP contribution in [0.5, 0.6) is 0 Å². The van der Waals surface area contributed by atoms with Gasteiger partial charge in [-0.3, -0.25) is 4.79 Å². The van der Waals surface area contributed by atoms with Crippen molar-refractivity contribution in [2.45, 2.75) is 26.7 Å². The van der Waals surface area contributed by atoms with E-state index in [0.29, 0.717) is 23.6 Å². The van der Waals surface area contributed by atoms with Gasteiger partial charge in [-0.2, -0.15) is 0 Å². The summed E-state index contributed by atoms with van der Waals surface area (Å²) in [6.07, 6.45) is 1.43. The minimum absolute atomic E-state index is 0.149. The number of hydrogen-bond donors (Lipinski definition) is 1. The van der Waals surface area contributed by atoms with E-state index in [9.17, 15) is 4.79 Å². The van der Waals surface area contributed by atoms with E-state index < -0.39 is 0 Å². The zero-order chi connectivity index (χ0) is 10.3. The van der Waals surface area contributed by atoms with Gasteiger partial charge in [0.15, 0.2) is 5.78 Å². The van der Waals surface area contributed by atoms with Crippen LogP contribution in [-0.4, -0.2) is 15.8 Å². The topological polar surface area (TPSA) is 68.9 Å². The van der Waals surface area contributed by atoms with E-state index in [1.807, 2.05) is 6.92 Å². The second-order valence-corrected chi connectivity index (χ2v) is 3.93. The summed E-state index contributed by atoms with van der Waals surface area (Å²) in [6, 6.07) is 0. The molecule has 4 nitrogen and oxygen atoms in total. The third-order valence-corrected chi connectivity index (χ3v) is 2.54. The van der Waals surface area contributed by atoms with Crippen LogP contribution >= 0.6 is 0 Å². The van der Waals surface area contributed by atoms with E-state index in [-0.39, 0.29) is 11.7 Å². The Morgan fingerprint density at radius 2 is 2.07 bits per heavy atom. The second-order valence-electron chi connectivity index (χ2n) is 3.93. The first kappa shape index (κ1) is 9.12. The molecule has 1 aromatic rings. The number of Topliss-reactive ketones (excluding diaryl/α,β-unsaturated/α-hetero) is 1. The molecule has 4 heteroatoms. The van der Waals surface area contributed by atoms with E-state index in [1.165, 1.54) is 0 Å². The smallest absolute Gasteiger partial charge is 0.220 e. The molecule has 0 bridgehead atoms. The van der Waals surface area contributed by atoms with Crippen molar-refractivity contribution in [2.75, 3.05) is 5.73 Å². The molecule has 2 rings (SSSR count). The second kappa shape index (κ2) is 3.04. The van der Waals surface area contributed by atoms with Crippen LogP contribution in [-0.2, 0) is 6.42 Å². The van der Waals surface area contributed by atoms with E-state index >= 15 is 0 Å². The standard InChI is InChI=1S/C10H13N3O/c1-5-3-7-9(8(14)4-5)6(2)12-10(11)13-7/h5H,3-4H2,1-2H3,(H2,11,12,13). The largest absolute Gasteiger partial charge is 0.368 e. The first-order valence-electron chi connectivity index (χ1n) is 4.74. The maximum absolute atomic E-state index is 11.7. The van der Waals surface area contributed by atoms with Crippen LogP contribution in [0.15, 0.2) is 0 Å². The lowest BCUT2D eigenvalue weighted by molar-refractivity contribution is 0.0951. The molecule has 0 saturated carbocycles. The van der Waals surface area contributed by atoms with Crippen molar-refractivity contribution in [1.29, 1.82) is 0 Å². The number of rotatable bonds is 0. The SMILES string of the molecule is Cc1nc(N)nc2c1C(=O)CC(C)C2. The maximum Gasteiger partial charge on any atom is 0.220 e. The van der Waals surface area contributed by atoms with Gasteiger partial charge < -0.3 is 5.73 Å². The molecule has 1 aromatic heterocycles. The Kier molecular flexibility index (Phi) is 1.98. The van der Waals surface area contributed by atoms with Gasteiger partial charge in [-0.1, -0.05) is 6.92 Å². The highest BCUT2D eigenvalue weighted by atomic mass is 16.1. The third-order valence-electron chi connectivity index (χ3n) is 2.54. The fraction of sp³-hybridized carbons (Fsp3) is 0.500. The average Bonchev–Trinajstić information content (AvgIpc) is 1.99. The predicted octanol–water partition coefficient (Wildman–Crippen LogP) is 1.13. The monoisotopic (exact) mass is 191 g/mol. The maximum atomic E-state index is 11.7. The molecule has 1 heterocycles. The van der Waals surface area contributed by atoms with Crippen LogP contribution in [0.3, 0.4) is 0 Å². The Labute approximate surface area is 82.6 Å². The van der Waals surface area contributed by atoms with Crippen LogP contribution in [0, 0.1) is 12.8 Å². The molecule has 0 radical (unpaired) electrons. The molecule has 1 aliphatic rings. The molecule has 0 aliphatic heterocycles. The van der Waals surface area contributed by atoms with Crippen LogP contribution in [0.4, 0.5) is 5.95 Å². The molecule has 0 saturated heterocycles. The van der Waals surface area contributed by atoms with Gasteiger partial charge in [0.25, 0.3) is 0 Å². The first-order chi connectivity index (χ1) is 6.58. The lowest BCUT2D eigenvalue weighted by atomic mass is 9.86. The van der Waals surface area contributed by atoms with E-state index in [1.54, 1.807) is 0 Å². The highest BCUT2D eigenvalue weighted by Gasteiger charge is 2.26. The van der Waals surface area contributed by atoms with Gasteiger partial charge in [0.2, 0.25) is 5.95 Å². The molecule has 0 spiro atoms. The van der Waals surface area contributed by atoms with Crippen molar-refractivity contribution >= 4 is 11.7 Å². The molecule has 2 N–H and O–H groups in total. The Morgan fingerprint density at radius 3 is 2.79 bits per heavy atom. The summed E-state index contributed by atoms with van der Waals surface area (Å²) >= 11 is 0. The summed E-state index contributed by atoms with van der Waals surface area (Å²) in [5.74, 6) is 0.781. The van der Waals surface area contributed by atoms with E-state index in [4.69, 9.17) is 5.73 Å². The highest BCUT2D eigenvalue weighted by molar-refractivity contribution is 5.99. The Morgan fingerprint density at radius 1 is 1.36 bits per heavy atom. The normalized spacial score (nSPS) is 20.7. The van der Waals surface area contributed by atoms with Crippen LogP contribution in [0.1, 0.15) is 35.1 Å². The number of aromatic nitrogens is 2. The molecule has 74 valence electrons. The number of carbonyl (C=O) groups is 1. The van der Waals surface area contributed by atoms with Crippen molar-refractivity contribution < 1.29 is 4.79 Å². The first-order valence-corrected chi connectivity index (χ1v) is 4.74. The number of aryl methyl sites for hydroxylation is 1. The van der Waals surface area contributed by atoms with Crippen molar-refractivity contribution in [3.05, 3.63) is 17.0 Å². The van der Waals surface area contributed by atoms with Crippen molar-refractivity contribution in [1.82, 2.24) is 9.97 Å². The van der Waals surface area contributed by atoms with Gasteiger partial charge in [0.1, 0.15) is 0 Å². The van der Waals surface area contributed by atoms with Crippen LogP contribution in [0.2, 0.25) is 0 Å². The highest BCUT2D eigenvalue weighted by Crippen LogP contribution is 2.25. The summed E-state index contributed by atoms with van der Waals surface area (Å²) in [4.78, 5) is 19.8. The number of nitrogen functional groups attached to an aromatic ring is 1. The van der Waals surface area contributed by atoms with E-state index in [2.05, 4.69) is 16.9 Å². The molecule has 1 atom stereocenters. The number of nitrogens with two attached hydrogens (primary N) is 1. The van der Waals surface area contributed by atoms with Crippen LogP contribution in [0.25, 0.3) is 0 Å². The minimum Gasteiger partial charge on any atom is -0.368 e. The molecule has 0 amide bonds. The average molecular weight is 191 g/mol. The molecule has 0 aromatic carbocycles. The molecule has 14 heavy (non-hydrogen) atoms. The quantitative estimate of drug-likeness (QED) is 0.667. The number of nitrogens with zero attached hydrogens (tertiary/aromatic N) is 2. The Bertz CT molecular complexity index is 401. The molecule has 1 unspecified atom stereocenters. The summed E-state index contributed by atoms with van der Waals surface area (Å²) < 4.78 is 0. The fourth-order valence-electron chi connectivity index (χ4n) is 1.99. The minimum atomic E-state index is 0.149. The van der Waals surface area contributed by atoms with Crippen molar-refractivity contribution in [3.63, 3.8) is 0 Å². The summed E-state index contributed by atoms with van der Waals surface area (Å²) in [5.41, 5.74) is 7.76. The fourth-order valence-corrected chi connectivity index (χ4v) is 1.99. The third kappa shape index (κ3) is 1.36. The Balaban J connectivity index is 2.59. The lowest BCUT2D eigenvalue weighted by Crippen LogP contribution is -2.22. The molecule has 1 aliphatic carbocycles. The number of ketones is 1. The van der Waals surface area contributed by atoms with Gasteiger partial charge in [-0.05, 0) is 19.3 Å². The lowest BCUT2D eigenvalue weighted by Gasteiger charge is -2.20. The van der Waals surface area contributed by atoms with Crippen LogP contribution < -0.4 is 5.73 Å². The number of fused-ring (bicyclic) bond motifs is 1. The van der Waals surface area contributed by atoms with Gasteiger partial charge in [-0.25, -0.2) is 9.97 Å².